The van der Waals surface area contributed by atoms with Gasteiger partial charge < -0.3 is 10.1 Å². The molecule has 0 fully saturated rings. The van der Waals surface area contributed by atoms with Gasteiger partial charge in [-0.2, -0.15) is 0 Å². The Labute approximate surface area is 160 Å². The van der Waals surface area contributed by atoms with Crippen LogP contribution in [0.3, 0.4) is 0 Å². The normalized spacial score (nSPS) is 19.7. The minimum atomic E-state index is 0.377. The van der Waals surface area contributed by atoms with Crippen molar-refractivity contribution in [3.63, 3.8) is 0 Å². The van der Waals surface area contributed by atoms with Crippen LogP contribution in [0.2, 0.25) is 10.0 Å². The number of nitrogens with one attached hydrogen (secondary N) is 1. The van der Waals surface area contributed by atoms with E-state index in [1.165, 1.54) is 22.3 Å². The molecule has 1 N–H and O–H groups in total. The lowest BCUT2D eigenvalue weighted by Crippen LogP contribution is -2.24. The number of halogens is 2. The number of methoxy groups -OCH3 is 1. The van der Waals surface area contributed by atoms with Crippen LogP contribution in [0, 0.1) is 0 Å². The topological polar surface area (TPSA) is 21.3 Å². The van der Waals surface area contributed by atoms with Crippen LogP contribution in [-0.4, -0.2) is 20.8 Å². The predicted octanol–water partition coefficient (Wildman–Crippen LogP) is 5.76. The van der Waals surface area contributed by atoms with E-state index in [1.54, 1.807) is 7.11 Å². The van der Waals surface area contributed by atoms with E-state index in [1.807, 2.05) is 19.2 Å². The van der Waals surface area contributed by atoms with Crippen molar-refractivity contribution in [1.29, 1.82) is 0 Å². The average Bonchev–Trinajstić information content (AvgIpc) is 2.63. The monoisotopic (exact) mass is 377 g/mol. The Morgan fingerprint density at radius 2 is 1.88 bits per heavy atom. The third-order valence-corrected chi connectivity index (χ3v) is 5.89. The quantitative estimate of drug-likeness (QED) is 0.646. The van der Waals surface area contributed by atoms with E-state index < -0.39 is 0 Å². The molecule has 0 saturated heterocycles. The first kappa shape index (κ1) is 18.7. The summed E-state index contributed by atoms with van der Waals surface area (Å²) in [5.74, 6) is 0.377. The molecule has 2 nitrogen and oxygen atoms in total. The van der Waals surface area contributed by atoms with Gasteiger partial charge in [0.25, 0.3) is 0 Å². The number of rotatable bonds is 6. The number of aryl methyl sites for hydroxylation is 1. The minimum absolute atomic E-state index is 0.377. The van der Waals surface area contributed by atoms with Gasteiger partial charge in [-0.25, -0.2) is 0 Å². The highest BCUT2D eigenvalue weighted by molar-refractivity contribution is 6.42. The molecule has 0 heterocycles. The fraction of sp³-hybridized carbons (Fsp3) is 0.429. The van der Waals surface area contributed by atoms with Gasteiger partial charge in [-0.1, -0.05) is 47.5 Å². The third kappa shape index (κ3) is 4.20. The second-order valence-corrected chi connectivity index (χ2v) is 7.52. The average molecular weight is 378 g/mol. The van der Waals surface area contributed by atoms with Gasteiger partial charge >= 0.3 is 0 Å². The zero-order valence-corrected chi connectivity index (χ0v) is 16.3. The Kier molecular flexibility index (Phi) is 6.40. The standard InChI is InChI=1S/C21H25Cl2NO/c1-24-21-10-8-16(15-6-9-19(22)20(23)13-15)17-7-5-14(12-18(17)21)4-3-11-25-2/h5-7,9,12-13,16,21,24H,3-4,8,10-11H2,1-2H3/t16-,21-/m0/s1. The van der Waals surface area contributed by atoms with Crippen molar-refractivity contribution in [2.75, 3.05) is 20.8 Å². The molecule has 1 aliphatic carbocycles. The molecule has 2 atom stereocenters. The highest BCUT2D eigenvalue weighted by Gasteiger charge is 2.28. The zero-order chi connectivity index (χ0) is 17.8. The Hall–Kier alpha value is -1.06. The molecule has 2 aromatic carbocycles. The van der Waals surface area contributed by atoms with Crippen molar-refractivity contribution in [1.82, 2.24) is 5.32 Å². The second kappa shape index (κ2) is 8.55. The van der Waals surface area contributed by atoms with Crippen LogP contribution in [0.1, 0.15) is 53.5 Å². The number of ether oxygens (including phenoxy) is 1. The van der Waals surface area contributed by atoms with Gasteiger partial charge in [0.2, 0.25) is 0 Å². The Morgan fingerprint density at radius 3 is 2.60 bits per heavy atom. The van der Waals surface area contributed by atoms with Gasteiger partial charge in [0.1, 0.15) is 0 Å². The summed E-state index contributed by atoms with van der Waals surface area (Å²) in [6.07, 6.45) is 4.33. The number of benzene rings is 2. The van der Waals surface area contributed by atoms with E-state index in [4.69, 9.17) is 27.9 Å². The van der Waals surface area contributed by atoms with E-state index in [-0.39, 0.29) is 0 Å². The number of hydrogen-bond donors (Lipinski definition) is 1. The van der Waals surface area contributed by atoms with Gasteiger partial charge in [-0.3, -0.25) is 0 Å². The molecule has 1 aliphatic rings. The molecule has 0 bridgehead atoms. The van der Waals surface area contributed by atoms with Gasteiger partial charge in [-0.05, 0) is 67.1 Å². The van der Waals surface area contributed by atoms with Crippen molar-refractivity contribution in [3.8, 4) is 0 Å². The zero-order valence-electron chi connectivity index (χ0n) is 14.8. The largest absolute Gasteiger partial charge is 0.385 e. The fourth-order valence-corrected chi connectivity index (χ4v) is 4.15. The molecule has 0 amide bonds. The molecule has 134 valence electrons. The molecule has 0 aromatic heterocycles. The Bertz CT molecular complexity index is 732. The highest BCUT2D eigenvalue weighted by atomic mass is 35.5. The molecule has 2 aromatic rings. The summed E-state index contributed by atoms with van der Waals surface area (Å²) in [6.45, 7) is 0.804. The molecule has 4 heteroatoms. The lowest BCUT2D eigenvalue weighted by molar-refractivity contribution is 0.195. The predicted molar refractivity (Wildman–Crippen MR) is 106 cm³/mol. The summed E-state index contributed by atoms with van der Waals surface area (Å²) < 4.78 is 5.18. The van der Waals surface area contributed by atoms with Gasteiger partial charge in [0, 0.05) is 25.7 Å². The smallest absolute Gasteiger partial charge is 0.0595 e. The van der Waals surface area contributed by atoms with Crippen LogP contribution in [0.15, 0.2) is 36.4 Å². The minimum Gasteiger partial charge on any atom is -0.385 e. The van der Waals surface area contributed by atoms with E-state index in [0.29, 0.717) is 22.0 Å². The number of hydrogen-bond acceptors (Lipinski definition) is 2. The molecular weight excluding hydrogens is 353 g/mol. The number of fused-ring (bicyclic) bond motifs is 1. The summed E-state index contributed by atoms with van der Waals surface area (Å²) >= 11 is 12.4. The summed E-state index contributed by atoms with van der Waals surface area (Å²) in [6, 6.07) is 13.4. The van der Waals surface area contributed by atoms with Crippen LogP contribution >= 0.6 is 23.2 Å². The third-order valence-electron chi connectivity index (χ3n) is 5.15. The maximum Gasteiger partial charge on any atom is 0.0595 e. The van der Waals surface area contributed by atoms with E-state index in [0.717, 1.165) is 32.3 Å². The van der Waals surface area contributed by atoms with Crippen LogP contribution in [0.5, 0.6) is 0 Å². The van der Waals surface area contributed by atoms with Crippen molar-refractivity contribution in [2.45, 2.75) is 37.6 Å². The molecule has 0 aliphatic heterocycles. The molecule has 0 radical (unpaired) electrons. The van der Waals surface area contributed by atoms with Crippen LogP contribution in [0.25, 0.3) is 0 Å². The van der Waals surface area contributed by atoms with Crippen LogP contribution in [-0.2, 0) is 11.2 Å². The molecule has 3 rings (SSSR count). The first-order valence-corrected chi connectivity index (χ1v) is 9.63. The summed E-state index contributed by atoms with van der Waals surface area (Å²) in [7, 11) is 3.80. The summed E-state index contributed by atoms with van der Waals surface area (Å²) in [5, 5.41) is 4.72. The van der Waals surface area contributed by atoms with Crippen LogP contribution in [0.4, 0.5) is 0 Å². The summed E-state index contributed by atoms with van der Waals surface area (Å²) in [5.41, 5.74) is 5.45. The lowest BCUT2D eigenvalue weighted by atomic mass is 9.76. The van der Waals surface area contributed by atoms with Crippen molar-refractivity contribution in [3.05, 3.63) is 68.7 Å². The van der Waals surface area contributed by atoms with Crippen LogP contribution < -0.4 is 5.32 Å². The highest BCUT2D eigenvalue weighted by Crippen LogP contribution is 2.42. The molecule has 0 unspecified atom stereocenters. The van der Waals surface area contributed by atoms with Crippen molar-refractivity contribution >= 4 is 23.2 Å². The summed E-state index contributed by atoms with van der Waals surface area (Å²) in [4.78, 5) is 0. The fourth-order valence-electron chi connectivity index (χ4n) is 3.84. The maximum absolute atomic E-state index is 6.26. The van der Waals surface area contributed by atoms with E-state index >= 15 is 0 Å². The molecule has 0 spiro atoms. The lowest BCUT2D eigenvalue weighted by Gasteiger charge is -2.32. The first-order chi connectivity index (χ1) is 12.1. The Balaban J connectivity index is 1.93. The van der Waals surface area contributed by atoms with Gasteiger partial charge in [0.15, 0.2) is 0 Å². The maximum atomic E-state index is 6.26. The van der Waals surface area contributed by atoms with Gasteiger partial charge in [-0.15, -0.1) is 0 Å². The second-order valence-electron chi connectivity index (χ2n) is 6.70. The van der Waals surface area contributed by atoms with Crippen molar-refractivity contribution < 1.29 is 4.74 Å². The van der Waals surface area contributed by atoms with E-state index in [2.05, 4.69) is 29.6 Å². The van der Waals surface area contributed by atoms with Crippen molar-refractivity contribution in [2.24, 2.45) is 0 Å². The van der Waals surface area contributed by atoms with E-state index in [9.17, 15) is 0 Å². The SMILES string of the molecule is CN[C@H]1CC[C@@H](c2ccc(Cl)c(Cl)c2)c2ccc(CCCOC)cc21. The first-order valence-electron chi connectivity index (χ1n) is 8.88. The molecular formula is C21H25Cl2NO. The van der Waals surface area contributed by atoms with Gasteiger partial charge in [0.05, 0.1) is 10.0 Å². The molecule has 0 saturated carbocycles. The molecule has 25 heavy (non-hydrogen) atoms. The Morgan fingerprint density at radius 1 is 1.04 bits per heavy atom.